The maximum absolute atomic E-state index is 11.7. The molecule has 9 heteroatoms. The van der Waals surface area contributed by atoms with Crippen LogP contribution in [0, 0.1) is 0 Å². The third-order valence-corrected chi connectivity index (χ3v) is 3.74. The van der Waals surface area contributed by atoms with Crippen molar-refractivity contribution < 1.29 is 9.53 Å². The van der Waals surface area contributed by atoms with Gasteiger partial charge in [0.2, 0.25) is 0 Å². The first-order valence-electron chi connectivity index (χ1n) is 6.40. The Balaban J connectivity index is 2.77. The third-order valence-electron chi connectivity index (χ3n) is 2.48. The van der Waals surface area contributed by atoms with E-state index in [9.17, 15) is 4.79 Å². The molecule has 0 amide bonds. The van der Waals surface area contributed by atoms with Gasteiger partial charge in [0.05, 0.1) is 16.7 Å². The van der Waals surface area contributed by atoms with Gasteiger partial charge in [-0.3, -0.25) is 0 Å². The van der Waals surface area contributed by atoms with Crippen molar-refractivity contribution >= 4 is 69.7 Å². The van der Waals surface area contributed by atoms with Gasteiger partial charge < -0.3 is 4.74 Å². The summed E-state index contributed by atoms with van der Waals surface area (Å²) in [7, 11) is 0. The highest BCUT2D eigenvalue weighted by atomic mass is 35.5. The number of ether oxygens (including phenoxy) is 1. The normalized spacial score (nSPS) is 11.9. The van der Waals surface area contributed by atoms with Crippen LogP contribution < -0.4 is 0 Å². The van der Waals surface area contributed by atoms with E-state index in [2.05, 4.69) is 10.2 Å². The van der Waals surface area contributed by atoms with Crippen molar-refractivity contribution in [2.45, 2.75) is 30.6 Å². The van der Waals surface area contributed by atoms with Crippen molar-refractivity contribution in [2.24, 2.45) is 10.2 Å². The fourth-order valence-electron chi connectivity index (χ4n) is 1.39. The Morgan fingerprint density at radius 3 is 2.32 bits per heavy atom. The summed E-state index contributed by atoms with van der Waals surface area (Å²) in [5.41, 5.74) is 0.109. The van der Waals surface area contributed by atoms with Crippen LogP contribution in [0.2, 0.25) is 15.1 Å². The van der Waals surface area contributed by atoms with Gasteiger partial charge in [-0.2, -0.15) is 0 Å². The lowest BCUT2D eigenvalue weighted by atomic mass is 10.3. The van der Waals surface area contributed by atoms with Gasteiger partial charge in [0.25, 0.3) is 0 Å². The van der Waals surface area contributed by atoms with Crippen LogP contribution in [-0.2, 0) is 9.53 Å². The quantitative estimate of drug-likeness (QED) is 0.168. The van der Waals surface area contributed by atoms with Crippen LogP contribution in [0.1, 0.15) is 26.2 Å². The number of hydrogen-bond acceptors (Lipinski definition) is 4. The van der Waals surface area contributed by atoms with Gasteiger partial charge in [-0.05, 0) is 18.6 Å². The van der Waals surface area contributed by atoms with Crippen molar-refractivity contribution in [3.8, 4) is 0 Å². The number of hydrogen-bond donors (Lipinski definition) is 0. The molecule has 0 fully saturated rings. The minimum Gasteiger partial charge on any atom is -0.462 e. The zero-order chi connectivity index (χ0) is 16.8. The zero-order valence-electron chi connectivity index (χ0n) is 11.6. The molecule has 0 N–H and O–H groups in total. The van der Waals surface area contributed by atoms with Crippen LogP contribution in [0.3, 0.4) is 0 Å². The number of benzene rings is 1. The molecule has 0 saturated heterocycles. The summed E-state index contributed by atoms with van der Waals surface area (Å²) in [4.78, 5) is 11.7. The molecule has 0 aliphatic carbocycles. The van der Waals surface area contributed by atoms with Gasteiger partial charge in [0.1, 0.15) is 5.69 Å². The minimum atomic E-state index is -2.17. The summed E-state index contributed by atoms with van der Waals surface area (Å²) in [6.45, 7) is 2.24. The highest BCUT2D eigenvalue weighted by Crippen LogP contribution is 2.37. The van der Waals surface area contributed by atoms with Crippen molar-refractivity contribution in [3.05, 3.63) is 27.2 Å². The molecule has 22 heavy (non-hydrogen) atoms. The Labute approximate surface area is 153 Å². The number of carbonyl (C=O) groups is 1. The van der Waals surface area contributed by atoms with Gasteiger partial charge in [0.15, 0.2) is 0 Å². The van der Waals surface area contributed by atoms with Crippen LogP contribution in [-0.4, -0.2) is 17.0 Å². The third kappa shape index (κ3) is 6.09. The van der Waals surface area contributed by atoms with E-state index < -0.39 is 10.4 Å². The number of halogens is 5. The number of azo groups is 1. The Morgan fingerprint density at radius 1 is 1.18 bits per heavy atom. The summed E-state index contributed by atoms with van der Waals surface area (Å²) in [6, 6.07) is 2.85. The first-order chi connectivity index (χ1) is 10.3. The Morgan fingerprint density at radius 2 is 1.77 bits per heavy atom. The average molecular weight is 407 g/mol. The predicted molar refractivity (Wildman–Crippen MR) is 90.9 cm³/mol. The smallest absolute Gasteiger partial charge is 0.367 e. The van der Waals surface area contributed by atoms with E-state index in [4.69, 9.17) is 62.7 Å². The summed E-state index contributed by atoms with van der Waals surface area (Å²) >= 11 is 29.3. The number of rotatable bonds is 7. The molecule has 1 rings (SSSR count). The molecule has 0 bridgehead atoms. The fraction of sp³-hybridized carbons (Fsp3) is 0.462. The molecule has 0 aliphatic heterocycles. The molecule has 0 heterocycles. The molecule has 1 aromatic rings. The zero-order valence-corrected chi connectivity index (χ0v) is 15.4. The molecular formula is C13H13Cl5N2O2. The second kappa shape index (κ2) is 9.14. The first-order valence-corrected chi connectivity index (χ1v) is 8.29. The van der Waals surface area contributed by atoms with E-state index in [1.165, 1.54) is 12.1 Å². The lowest BCUT2D eigenvalue weighted by Gasteiger charge is -2.12. The monoisotopic (exact) mass is 404 g/mol. The van der Waals surface area contributed by atoms with Crippen LogP contribution in [0.5, 0.6) is 0 Å². The van der Waals surface area contributed by atoms with Gasteiger partial charge in [-0.25, -0.2) is 4.79 Å². The first kappa shape index (κ1) is 19.8. The molecule has 0 radical (unpaired) electrons. The number of nitrogens with zero attached hydrogens (tertiary/aromatic N) is 2. The Bertz CT molecular complexity index is 540. The molecule has 0 saturated carbocycles. The molecule has 0 unspecified atom stereocenters. The highest BCUT2D eigenvalue weighted by Gasteiger charge is 2.36. The molecule has 0 aliphatic rings. The van der Waals surface area contributed by atoms with E-state index in [-0.39, 0.29) is 22.3 Å². The second-order valence-electron chi connectivity index (χ2n) is 4.30. The molecule has 0 aromatic heterocycles. The molecule has 0 atom stereocenters. The molecule has 4 nitrogen and oxygen atoms in total. The number of unbranched alkanes of at least 4 members (excludes halogenated alkanes) is 2. The maximum Gasteiger partial charge on any atom is 0.367 e. The van der Waals surface area contributed by atoms with E-state index in [1.54, 1.807) is 0 Å². The second-order valence-corrected chi connectivity index (χ2v) is 6.84. The summed E-state index contributed by atoms with van der Waals surface area (Å²) in [5, 5.41) is 7.92. The van der Waals surface area contributed by atoms with Crippen molar-refractivity contribution in [3.63, 3.8) is 0 Å². The Hall–Kier alpha value is -0.260. The highest BCUT2D eigenvalue weighted by molar-refractivity contribution is 6.57. The maximum atomic E-state index is 11.7. The largest absolute Gasteiger partial charge is 0.462 e. The van der Waals surface area contributed by atoms with E-state index in [1.807, 2.05) is 6.92 Å². The van der Waals surface area contributed by atoms with E-state index in [0.29, 0.717) is 5.02 Å². The van der Waals surface area contributed by atoms with Gasteiger partial charge in [0, 0.05) is 5.02 Å². The van der Waals surface area contributed by atoms with Crippen molar-refractivity contribution in [2.75, 3.05) is 6.61 Å². The van der Waals surface area contributed by atoms with Crippen molar-refractivity contribution in [1.82, 2.24) is 0 Å². The predicted octanol–water partition coefficient (Wildman–Crippen LogP) is 6.60. The molecule has 122 valence electrons. The lowest BCUT2D eigenvalue weighted by molar-refractivity contribution is -0.144. The average Bonchev–Trinajstić information content (AvgIpc) is 2.42. The van der Waals surface area contributed by atoms with Crippen LogP contribution in [0.4, 0.5) is 5.69 Å². The van der Waals surface area contributed by atoms with Crippen LogP contribution >= 0.6 is 58.0 Å². The SMILES string of the molecule is CCCCCOC(=O)C(Cl)(Cl)N=Nc1c(Cl)cc(Cl)cc1Cl. The van der Waals surface area contributed by atoms with E-state index >= 15 is 0 Å². The van der Waals surface area contributed by atoms with Crippen molar-refractivity contribution in [1.29, 1.82) is 0 Å². The lowest BCUT2D eigenvalue weighted by Crippen LogP contribution is -2.26. The molecule has 1 aromatic carbocycles. The van der Waals surface area contributed by atoms with Crippen LogP contribution in [0.15, 0.2) is 22.4 Å². The molecular weight excluding hydrogens is 393 g/mol. The fourth-order valence-corrected chi connectivity index (χ4v) is 2.46. The van der Waals surface area contributed by atoms with Crippen LogP contribution in [0.25, 0.3) is 0 Å². The number of carbonyl (C=O) groups excluding carboxylic acids is 1. The topological polar surface area (TPSA) is 51.0 Å². The summed E-state index contributed by atoms with van der Waals surface area (Å²) < 4.78 is 2.77. The van der Waals surface area contributed by atoms with Gasteiger partial charge >= 0.3 is 10.4 Å². The summed E-state index contributed by atoms with van der Waals surface area (Å²) in [5.74, 6) is -0.906. The molecule has 0 spiro atoms. The van der Waals surface area contributed by atoms with Gasteiger partial charge in [-0.1, -0.05) is 77.8 Å². The number of alkyl halides is 2. The number of esters is 1. The summed E-state index contributed by atoms with van der Waals surface area (Å²) in [6.07, 6.45) is 2.65. The minimum absolute atomic E-state index is 0.109. The van der Waals surface area contributed by atoms with Gasteiger partial charge in [-0.15, -0.1) is 10.2 Å². The standard InChI is InChI=1S/C13H13Cl5N2O2/c1-2-3-4-5-22-12(21)13(17,18)20-19-11-9(15)6-8(14)7-10(11)16/h6-7H,2-5H2,1H3. The Kier molecular flexibility index (Phi) is 8.22. The van der Waals surface area contributed by atoms with E-state index in [0.717, 1.165) is 19.3 Å².